The SMILES string of the molecule is N#Cc1cc(C#N)cc(N2C(=O)CCC2CC(N)=O)c1. The lowest BCUT2D eigenvalue weighted by Crippen LogP contribution is -2.36. The number of hydrogen-bond donors (Lipinski definition) is 1. The van der Waals surface area contributed by atoms with Crippen LogP contribution in [0.3, 0.4) is 0 Å². The second kappa shape index (κ2) is 5.41. The van der Waals surface area contributed by atoms with E-state index in [1.54, 1.807) is 0 Å². The van der Waals surface area contributed by atoms with E-state index < -0.39 is 5.91 Å². The van der Waals surface area contributed by atoms with Crippen LogP contribution in [0.5, 0.6) is 0 Å². The van der Waals surface area contributed by atoms with Crippen molar-refractivity contribution in [3.63, 3.8) is 0 Å². The van der Waals surface area contributed by atoms with Gasteiger partial charge in [0.25, 0.3) is 0 Å². The molecule has 0 aliphatic carbocycles. The minimum absolute atomic E-state index is 0.0738. The first-order valence-electron chi connectivity index (χ1n) is 6.11. The monoisotopic (exact) mass is 268 g/mol. The molecule has 1 saturated heterocycles. The van der Waals surface area contributed by atoms with E-state index in [4.69, 9.17) is 16.3 Å². The highest BCUT2D eigenvalue weighted by Gasteiger charge is 2.33. The van der Waals surface area contributed by atoms with Gasteiger partial charge in [-0.2, -0.15) is 10.5 Å². The van der Waals surface area contributed by atoms with Crippen molar-refractivity contribution >= 4 is 17.5 Å². The smallest absolute Gasteiger partial charge is 0.227 e. The fourth-order valence-corrected chi connectivity index (χ4v) is 2.40. The number of nitrogens with zero attached hydrogens (tertiary/aromatic N) is 3. The summed E-state index contributed by atoms with van der Waals surface area (Å²) in [6.07, 6.45) is 0.946. The molecule has 0 aromatic heterocycles. The van der Waals surface area contributed by atoms with Crippen LogP contribution in [-0.4, -0.2) is 17.9 Å². The lowest BCUT2D eigenvalue weighted by molar-refractivity contribution is -0.118. The Labute approximate surface area is 116 Å². The number of nitriles is 2. The molecule has 1 fully saturated rings. The molecule has 2 rings (SSSR count). The van der Waals surface area contributed by atoms with Crippen molar-refractivity contribution in [3.8, 4) is 12.1 Å². The van der Waals surface area contributed by atoms with Crippen LogP contribution in [0.4, 0.5) is 5.69 Å². The molecular weight excluding hydrogens is 256 g/mol. The third-order valence-electron chi connectivity index (χ3n) is 3.22. The van der Waals surface area contributed by atoms with Gasteiger partial charge in [0.15, 0.2) is 0 Å². The summed E-state index contributed by atoms with van der Waals surface area (Å²) in [5, 5.41) is 17.9. The fourth-order valence-electron chi connectivity index (χ4n) is 2.40. The van der Waals surface area contributed by atoms with Gasteiger partial charge in [-0.1, -0.05) is 0 Å². The van der Waals surface area contributed by atoms with Crippen LogP contribution in [-0.2, 0) is 9.59 Å². The largest absolute Gasteiger partial charge is 0.370 e. The van der Waals surface area contributed by atoms with Crippen molar-refractivity contribution in [1.29, 1.82) is 10.5 Å². The minimum Gasteiger partial charge on any atom is -0.370 e. The molecule has 1 aliphatic rings. The number of amides is 2. The second-order valence-corrected chi connectivity index (χ2v) is 4.62. The number of carbonyl (C=O) groups excluding carboxylic acids is 2. The predicted octanol–water partition coefficient (Wildman–Crippen LogP) is 0.801. The molecule has 2 N–H and O–H groups in total. The van der Waals surface area contributed by atoms with Crippen LogP contribution < -0.4 is 10.6 Å². The molecule has 1 heterocycles. The summed E-state index contributed by atoms with van der Waals surface area (Å²) in [7, 11) is 0. The topological polar surface area (TPSA) is 111 Å². The van der Waals surface area contributed by atoms with Crippen molar-refractivity contribution in [2.24, 2.45) is 5.73 Å². The molecule has 6 nitrogen and oxygen atoms in total. The van der Waals surface area contributed by atoms with E-state index in [1.807, 2.05) is 12.1 Å². The molecule has 0 bridgehead atoms. The number of nitrogens with two attached hydrogens (primary N) is 1. The van der Waals surface area contributed by atoms with Crippen LogP contribution in [0.25, 0.3) is 0 Å². The molecule has 1 aromatic carbocycles. The van der Waals surface area contributed by atoms with Gasteiger partial charge in [-0.25, -0.2) is 0 Å². The quantitative estimate of drug-likeness (QED) is 0.873. The normalized spacial score (nSPS) is 17.6. The maximum atomic E-state index is 12.0. The van der Waals surface area contributed by atoms with Crippen LogP contribution >= 0.6 is 0 Å². The van der Waals surface area contributed by atoms with E-state index in [2.05, 4.69) is 0 Å². The molecule has 1 aromatic rings. The molecule has 1 atom stereocenters. The Bertz CT molecular complexity index is 622. The highest BCUT2D eigenvalue weighted by Crippen LogP contribution is 2.29. The van der Waals surface area contributed by atoms with Gasteiger partial charge in [0.1, 0.15) is 0 Å². The van der Waals surface area contributed by atoms with Crippen LogP contribution in [0.1, 0.15) is 30.4 Å². The average Bonchev–Trinajstić information content (AvgIpc) is 2.78. The summed E-state index contributed by atoms with van der Waals surface area (Å²) in [5.41, 5.74) is 6.26. The third-order valence-corrected chi connectivity index (χ3v) is 3.22. The maximum absolute atomic E-state index is 12.0. The zero-order valence-electron chi connectivity index (χ0n) is 10.7. The first kappa shape index (κ1) is 13.6. The standard InChI is InChI=1S/C14H12N4O2/c15-7-9-3-10(8-16)5-12(4-9)18-11(6-13(17)19)1-2-14(18)20/h3-5,11H,1-2,6H2,(H2,17,19). The summed E-state index contributed by atoms with van der Waals surface area (Å²) in [4.78, 5) is 24.5. The van der Waals surface area contributed by atoms with E-state index in [0.717, 1.165) is 0 Å². The molecule has 1 unspecified atom stereocenters. The van der Waals surface area contributed by atoms with Gasteiger partial charge < -0.3 is 10.6 Å². The number of anilines is 1. The molecule has 1 aliphatic heterocycles. The van der Waals surface area contributed by atoms with E-state index in [9.17, 15) is 9.59 Å². The van der Waals surface area contributed by atoms with E-state index in [-0.39, 0.29) is 18.4 Å². The van der Waals surface area contributed by atoms with Crippen LogP contribution in [0.2, 0.25) is 0 Å². The van der Waals surface area contributed by atoms with Gasteiger partial charge in [0.2, 0.25) is 11.8 Å². The molecule has 0 saturated carbocycles. The van der Waals surface area contributed by atoms with E-state index in [1.165, 1.54) is 23.1 Å². The average molecular weight is 268 g/mol. The van der Waals surface area contributed by atoms with Gasteiger partial charge >= 0.3 is 0 Å². The van der Waals surface area contributed by atoms with Gasteiger partial charge in [0.05, 0.1) is 23.3 Å². The number of hydrogen-bond acceptors (Lipinski definition) is 4. The molecule has 2 amide bonds. The number of rotatable bonds is 3. The Morgan fingerprint density at radius 1 is 1.30 bits per heavy atom. The molecular formula is C14H12N4O2. The Kier molecular flexibility index (Phi) is 3.67. The minimum atomic E-state index is -0.480. The first-order valence-corrected chi connectivity index (χ1v) is 6.11. The van der Waals surface area contributed by atoms with Crippen molar-refractivity contribution in [2.45, 2.75) is 25.3 Å². The molecule has 100 valence electrons. The van der Waals surface area contributed by atoms with Crippen molar-refractivity contribution < 1.29 is 9.59 Å². The van der Waals surface area contributed by atoms with Crippen molar-refractivity contribution in [2.75, 3.05) is 4.90 Å². The molecule has 0 spiro atoms. The molecule has 20 heavy (non-hydrogen) atoms. The highest BCUT2D eigenvalue weighted by atomic mass is 16.2. The van der Waals surface area contributed by atoms with Gasteiger partial charge in [-0.05, 0) is 24.6 Å². The van der Waals surface area contributed by atoms with E-state index in [0.29, 0.717) is 29.7 Å². The lowest BCUT2D eigenvalue weighted by atomic mass is 10.1. The Morgan fingerprint density at radius 2 is 1.90 bits per heavy atom. The summed E-state index contributed by atoms with van der Waals surface area (Å²) < 4.78 is 0. The Morgan fingerprint density at radius 3 is 2.40 bits per heavy atom. The molecule has 0 radical (unpaired) electrons. The number of benzene rings is 1. The summed E-state index contributed by atoms with van der Waals surface area (Å²) in [5.74, 6) is -0.609. The first-order chi connectivity index (χ1) is 9.55. The molecule has 6 heteroatoms. The maximum Gasteiger partial charge on any atom is 0.227 e. The summed E-state index contributed by atoms with van der Waals surface area (Å²) >= 11 is 0. The number of carbonyl (C=O) groups is 2. The summed E-state index contributed by atoms with van der Waals surface area (Å²) in [6, 6.07) is 8.14. The van der Waals surface area contributed by atoms with Gasteiger partial charge in [0, 0.05) is 24.6 Å². The highest BCUT2D eigenvalue weighted by molar-refractivity contribution is 5.97. The fraction of sp³-hybridized carbons (Fsp3) is 0.286. The Balaban J connectivity index is 2.43. The lowest BCUT2D eigenvalue weighted by Gasteiger charge is -2.24. The zero-order valence-corrected chi connectivity index (χ0v) is 10.7. The van der Waals surface area contributed by atoms with E-state index >= 15 is 0 Å². The third kappa shape index (κ3) is 2.60. The van der Waals surface area contributed by atoms with Gasteiger partial charge in [-0.3, -0.25) is 9.59 Å². The van der Waals surface area contributed by atoms with Crippen molar-refractivity contribution in [3.05, 3.63) is 29.3 Å². The number of primary amides is 1. The van der Waals surface area contributed by atoms with Crippen LogP contribution in [0, 0.1) is 22.7 Å². The Hall–Kier alpha value is -2.86. The van der Waals surface area contributed by atoms with Crippen LogP contribution in [0.15, 0.2) is 18.2 Å². The summed E-state index contributed by atoms with van der Waals surface area (Å²) in [6.45, 7) is 0. The predicted molar refractivity (Wildman–Crippen MR) is 70.2 cm³/mol. The van der Waals surface area contributed by atoms with Gasteiger partial charge in [-0.15, -0.1) is 0 Å². The second-order valence-electron chi connectivity index (χ2n) is 4.62. The van der Waals surface area contributed by atoms with Crippen molar-refractivity contribution in [1.82, 2.24) is 0 Å². The zero-order chi connectivity index (χ0) is 14.7.